The number of aliphatic hydroxyl groups is 1. The molecule has 1 fully saturated rings. The maximum Gasteiger partial charge on any atom is 0.0451 e. The van der Waals surface area contributed by atoms with Crippen molar-refractivity contribution in [2.45, 2.75) is 38.3 Å². The largest absolute Gasteiger partial charge is 0.396 e. The van der Waals surface area contributed by atoms with E-state index in [1.54, 1.807) is 0 Å². The number of likely N-dealkylation sites (tertiary alicyclic amines) is 1. The lowest BCUT2D eigenvalue weighted by molar-refractivity contribution is 0.112. The molecule has 2 rings (SSSR count). The average Bonchev–Trinajstić information content (AvgIpc) is 2.36. The van der Waals surface area contributed by atoms with Crippen LogP contribution in [0.2, 0.25) is 5.02 Å². The van der Waals surface area contributed by atoms with Crippen molar-refractivity contribution in [3.63, 3.8) is 0 Å². The Hall–Kier alpha value is -0.0900. The zero-order valence-corrected chi connectivity index (χ0v) is 12.8. The third-order valence-corrected chi connectivity index (χ3v) is 4.45. The molecule has 4 heteroatoms. The lowest BCUT2D eigenvalue weighted by atomic mass is 9.99. The van der Waals surface area contributed by atoms with E-state index < -0.39 is 0 Å². The molecule has 1 aromatic rings. The first kappa shape index (κ1) is 14.3. The molecule has 0 spiro atoms. The van der Waals surface area contributed by atoms with Crippen molar-refractivity contribution in [3.05, 3.63) is 33.3 Å². The fourth-order valence-corrected chi connectivity index (χ4v) is 3.21. The van der Waals surface area contributed by atoms with Gasteiger partial charge in [-0.1, -0.05) is 34.0 Å². The molecule has 1 aliphatic rings. The smallest absolute Gasteiger partial charge is 0.0451 e. The molecule has 1 atom stereocenters. The number of rotatable bonds is 4. The Morgan fingerprint density at radius 3 is 3.00 bits per heavy atom. The number of hydrogen-bond donors (Lipinski definition) is 1. The summed E-state index contributed by atoms with van der Waals surface area (Å²) in [5.74, 6) is 0. The van der Waals surface area contributed by atoms with E-state index in [1.165, 1.54) is 19.3 Å². The van der Waals surface area contributed by atoms with Crippen LogP contribution in [0, 0.1) is 0 Å². The van der Waals surface area contributed by atoms with Crippen molar-refractivity contribution in [1.29, 1.82) is 0 Å². The second kappa shape index (κ2) is 6.90. The first-order valence-electron chi connectivity index (χ1n) is 6.49. The molecular formula is C14H19BrClNO. The zero-order valence-electron chi connectivity index (χ0n) is 10.4. The van der Waals surface area contributed by atoms with Crippen LogP contribution in [-0.2, 0) is 6.54 Å². The van der Waals surface area contributed by atoms with Crippen LogP contribution in [0.25, 0.3) is 0 Å². The highest BCUT2D eigenvalue weighted by atomic mass is 79.9. The molecule has 0 amide bonds. The predicted octanol–water partition coefficient (Wildman–Crippen LogP) is 3.84. The zero-order chi connectivity index (χ0) is 13.0. The SMILES string of the molecule is OCCC1CCCCN1Cc1cc(Br)ccc1Cl. The van der Waals surface area contributed by atoms with Crippen molar-refractivity contribution in [3.8, 4) is 0 Å². The number of benzene rings is 1. The Kier molecular flexibility index (Phi) is 5.49. The predicted molar refractivity (Wildman–Crippen MR) is 78.9 cm³/mol. The van der Waals surface area contributed by atoms with Crippen molar-refractivity contribution in [2.75, 3.05) is 13.2 Å². The molecule has 2 nitrogen and oxygen atoms in total. The lowest BCUT2D eigenvalue weighted by Gasteiger charge is -2.35. The standard InChI is InChI=1S/C14H19BrClNO/c15-12-4-5-14(16)11(9-12)10-17-7-2-1-3-13(17)6-8-18/h4-5,9,13,18H,1-3,6-8,10H2. The Morgan fingerprint density at radius 1 is 1.39 bits per heavy atom. The van der Waals surface area contributed by atoms with Gasteiger partial charge in [0, 0.05) is 28.7 Å². The minimum atomic E-state index is 0.271. The van der Waals surface area contributed by atoms with Gasteiger partial charge >= 0.3 is 0 Å². The Morgan fingerprint density at radius 2 is 2.22 bits per heavy atom. The minimum absolute atomic E-state index is 0.271. The van der Waals surface area contributed by atoms with E-state index in [9.17, 15) is 0 Å². The fourth-order valence-electron chi connectivity index (χ4n) is 2.63. The van der Waals surface area contributed by atoms with E-state index in [1.807, 2.05) is 12.1 Å². The van der Waals surface area contributed by atoms with Crippen LogP contribution in [0.15, 0.2) is 22.7 Å². The van der Waals surface area contributed by atoms with Crippen LogP contribution in [0.1, 0.15) is 31.2 Å². The van der Waals surface area contributed by atoms with Gasteiger partial charge in [-0.3, -0.25) is 4.90 Å². The molecule has 1 aromatic carbocycles. The van der Waals surface area contributed by atoms with Gasteiger partial charge in [-0.15, -0.1) is 0 Å². The van der Waals surface area contributed by atoms with Crippen LogP contribution in [0.5, 0.6) is 0 Å². The number of halogens is 2. The summed E-state index contributed by atoms with van der Waals surface area (Å²) in [7, 11) is 0. The first-order valence-corrected chi connectivity index (χ1v) is 7.66. The lowest BCUT2D eigenvalue weighted by Crippen LogP contribution is -2.39. The molecule has 0 saturated carbocycles. The molecule has 100 valence electrons. The molecule has 1 aliphatic heterocycles. The number of piperidine rings is 1. The van der Waals surface area contributed by atoms with Crippen LogP contribution in [0.4, 0.5) is 0 Å². The van der Waals surface area contributed by atoms with Gasteiger partial charge in [0.15, 0.2) is 0 Å². The van der Waals surface area contributed by atoms with Gasteiger partial charge in [0.05, 0.1) is 0 Å². The van der Waals surface area contributed by atoms with Crippen LogP contribution >= 0.6 is 27.5 Å². The summed E-state index contributed by atoms with van der Waals surface area (Å²) < 4.78 is 1.07. The van der Waals surface area contributed by atoms with Crippen LogP contribution in [0.3, 0.4) is 0 Å². The third kappa shape index (κ3) is 3.70. The molecule has 1 N–H and O–H groups in total. The number of aliphatic hydroxyl groups excluding tert-OH is 1. The second-order valence-electron chi connectivity index (χ2n) is 4.87. The van der Waals surface area contributed by atoms with Gasteiger partial charge in [0.2, 0.25) is 0 Å². The van der Waals surface area contributed by atoms with E-state index in [2.05, 4.69) is 26.9 Å². The highest BCUT2D eigenvalue weighted by Gasteiger charge is 2.22. The van der Waals surface area contributed by atoms with E-state index in [4.69, 9.17) is 16.7 Å². The molecule has 0 aromatic heterocycles. The maximum absolute atomic E-state index is 9.14. The average molecular weight is 333 g/mol. The molecule has 18 heavy (non-hydrogen) atoms. The van der Waals surface area contributed by atoms with Gasteiger partial charge in [-0.2, -0.15) is 0 Å². The third-order valence-electron chi connectivity index (χ3n) is 3.59. The summed E-state index contributed by atoms with van der Waals surface area (Å²) in [6.07, 6.45) is 4.57. The van der Waals surface area contributed by atoms with E-state index >= 15 is 0 Å². The van der Waals surface area contributed by atoms with E-state index in [0.29, 0.717) is 6.04 Å². The normalized spacial score (nSPS) is 21.2. The molecule has 1 saturated heterocycles. The highest BCUT2D eigenvalue weighted by molar-refractivity contribution is 9.10. The van der Waals surface area contributed by atoms with Gasteiger partial charge in [0.1, 0.15) is 0 Å². The topological polar surface area (TPSA) is 23.5 Å². The number of nitrogens with zero attached hydrogens (tertiary/aromatic N) is 1. The molecule has 0 aliphatic carbocycles. The van der Waals surface area contributed by atoms with Crippen molar-refractivity contribution in [2.24, 2.45) is 0 Å². The van der Waals surface area contributed by atoms with E-state index in [0.717, 1.165) is 34.6 Å². The van der Waals surface area contributed by atoms with Crippen molar-refractivity contribution < 1.29 is 5.11 Å². The van der Waals surface area contributed by atoms with E-state index in [-0.39, 0.29) is 6.61 Å². The van der Waals surface area contributed by atoms with Crippen molar-refractivity contribution in [1.82, 2.24) is 4.90 Å². The maximum atomic E-state index is 9.14. The van der Waals surface area contributed by atoms with Crippen LogP contribution < -0.4 is 0 Å². The van der Waals surface area contributed by atoms with Gasteiger partial charge in [-0.05, 0) is 49.6 Å². The fraction of sp³-hybridized carbons (Fsp3) is 0.571. The molecule has 1 heterocycles. The summed E-state index contributed by atoms with van der Waals surface area (Å²) in [6, 6.07) is 6.49. The summed E-state index contributed by atoms with van der Waals surface area (Å²) in [5.41, 5.74) is 1.16. The quantitative estimate of drug-likeness (QED) is 0.905. The van der Waals surface area contributed by atoms with Gasteiger partial charge in [-0.25, -0.2) is 0 Å². The second-order valence-corrected chi connectivity index (χ2v) is 6.19. The summed E-state index contributed by atoms with van der Waals surface area (Å²) >= 11 is 9.73. The molecular weight excluding hydrogens is 314 g/mol. The Balaban J connectivity index is 2.08. The minimum Gasteiger partial charge on any atom is -0.396 e. The van der Waals surface area contributed by atoms with Gasteiger partial charge < -0.3 is 5.11 Å². The molecule has 1 unspecified atom stereocenters. The summed E-state index contributed by atoms with van der Waals surface area (Å²) in [4.78, 5) is 2.45. The molecule has 0 bridgehead atoms. The molecule has 0 radical (unpaired) electrons. The Bertz CT molecular complexity index is 397. The summed E-state index contributed by atoms with van der Waals surface area (Å²) in [5, 5.41) is 9.97. The Labute approximate surface area is 122 Å². The number of hydrogen-bond acceptors (Lipinski definition) is 2. The summed E-state index contributed by atoms with van der Waals surface area (Å²) in [6.45, 7) is 2.25. The van der Waals surface area contributed by atoms with Crippen LogP contribution in [-0.4, -0.2) is 29.2 Å². The highest BCUT2D eigenvalue weighted by Crippen LogP contribution is 2.26. The van der Waals surface area contributed by atoms with Crippen molar-refractivity contribution >= 4 is 27.5 Å². The van der Waals surface area contributed by atoms with Gasteiger partial charge in [0.25, 0.3) is 0 Å². The monoisotopic (exact) mass is 331 g/mol. The first-order chi connectivity index (χ1) is 8.70.